The van der Waals surface area contributed by atoms with Gasteiger partial charge in [0.1, 0.15) is 11.5 Å². The third kappa shape index (κ3) is 4.06. The van der Waals surface area contributed by atoms with Crippen LogP contribution in [0.15, 0.2) is 47.6 Å². The minimum Gasteiger partial charge on any atom is -0.271 e. The first-order chi connectivity index (χ1) is 11.2. The average Bonchev–Trinajstić information content (AvgIpc) is 2.51. The quantitative estimate of drug-likeness (QED) is 0.383. The number of hydrogen-bond acceptors (Lipinski definition) is 4. The predicted molar refractivity (Wildman–Crippen MR) is 80.3 cm³/mol. The van der Waals surface area contributed by atoms with Crippen molar-refractivity contribution in [2.45, 2.75) is 13.1 Å². The lowest BCUT2D eigenvalue weighted by Gasteiger charge is -2.09. The fraction of sp³-hybridized carbons (Fsp3) is 0.133. The van der Waals surface area contributed by atoms with Gasteiger partial charge < -0.3 is 0 Å². The van der Waals surface area contributed by atoms with Crippen LogP contribution in [0.4, 0.5) is 28.9 Å². The van der Waals surface area contributed by atoms with E-state index in [4.69, 9.17) is 0 Å². The summed E-state index contributed by atoms with van der Waals surface area (Å²) in [5.41, 5.74) is 0.982. The van der Waals surface area contributed by atoms with Crippen molar-refractivity contribution in [2.75, 3.05) is 5.43 Å². The van der Waals surface area contributed by atoms with Gasteiger partial charge in [0.05, 0.1) is 16.2 Å². The zero-order valence-electron chi connectivity index (χ0n) is 12.3. The van der Waals surface area contributed by atoms with Gasteiger partial charge >= 0.3 is 6.18 Å². The second kappa shape index (κ2) is 6.65. The molecule has 2 rings (SSSR count). The van der Waals surface area contributed by atoms with E-state index < -0.39 is 28.2 Å². The number of nitrogens with zero attached hydrogens (tertiary/aromatic N) is 2. The van der Waals surface area contributed by atoms with Crippen LogP contribution in [0, 0.1) is 15.9 Å². The lowest BCUT2D eigenvalue weighted by molar-refractivity contribution is -0.384. The van der Waals surface area contributed by atoms with Gasteiger partial charge in [0.25, 0.3) is 5.69 Å². The van der Waals surface area contributed by atoms with Crippen molar-refractivity contribution < 1.29 is 22.5 Å². The SMILES string of the molecule is C/C(=N\Nc1ccc(C(F)(F)F)cc1[N+](=O)[O-])c1cccc(F)c1. The van der Waals surface area contributed by atoms with Crippen LogP contribution >= 0.6 is 0 Å². The fourth-order valence-electron chi connectivity index (χ4n) is 1.88. The molecule has 0 aliphatic rings. The minimum atomic E-state index is -4.69. The Morgan fingerprint density at radius 1 is 1.21 bits per heavy atom. The number of hydrazone groups is 1. The van der Waals surface area contributed by atoms with E-state index in [-0.39, 0.29) is 5.69 Å². The third-order valence-corrected chi connectivity index (χ3v) is 3.11. The molecule has 0 aliphatic carbocycles. The van der Waals surface area contributed by atoms with Crippen LogP contribution in [-0.2, 0) is 6.18 Å². The summed E-state index contributed by atoms with van der Waals surface area (Å²) in [6.45, 7) is 1.53. The summed E-state index contributed by atoms with van der Waals surface area (Å²) >= 11 is 0. The van der Waals surface area contributed by atoms with Crippen molar-refractivity contribution >= 4 is 17.1 Å². The highest BCUT2D eigenvalue weighted by Gasteiger charge is 2.33. The monoisotopic (exact) mass is 341 g/mol. The van der Waals surface area contributed by atoms with Crippen molar-refractivity contribution in [3.8, 4) is 0 Å². The molecule has 0 bridgehead atoms. The number of hydrogen-bond donors (Lipinski definition) is 1. The van der Waals surface area contributed by atoms with Crippen molar-refractivity contribution in [3.05, 3.63) is 69.5 Å². The zero-order chi connectivity index (χ0) is 17.9. The van der Waals surface area contributed by atoms with E-state index in [1.807, 2.05) is 0 Å². The summed E-state index contributed by atoms with van der Waals surface area (Å²) in [5, 5.41) is 14.8. The molecule has 9 heteroatoms. The Morgan fingerprint density at radius 3 is 2.50 bits per heavy atom. The Morgan fingerprint density at radius 2 is 1.92 bits per heavy atom. The number of rotatable bonds is 4. The van der Waals surface area contributed by atoms with Gasteiger partial charge in [-0.05, 0) is 31.2 Å². The largest absolute Gasteiger partial charge is 0.416 e. The normalized spacial score (nSPS) is 12.1. The van der Waals surface area contributed by atoms with Crippen molar-refractivity contribution in [2.24, 2.45) is 5.10 Å². The van der Waals surface area contributed by atoms with Gasteiger partial charge in [-0.25, -0.2) is 4.39 Å². The topological polar surface area (TPSA) is 67.5 Å². The first-order valence-corrected chi connectivity index (χ1v) is 6.60. The number of nitro benzene ring substituents is 1. The summed E-state index contributed by atoms with van der Waals surface area (Å²) in [4.78, 5) is 10.0. The highest BCUT2D eigenvalue weighted by atomic mass is 19.4. The Balaban J connectivity index is 2.32. The first kappa shape index (κ1) is 17.4. The Bertz CT molecular complexity index is 804. The standard InChI is InChI=1S/C15H11F4N3O2/c1-9(10-3-2-4-12(16)7-10)20-21-13-6-5-11(15(17,18)19)8-14(13)22(23)24/h2-8,21H,1H3/b20-9+. The van der Waals surface area contributed by atoms with Gasteiger partial charge in [-0.2, -0.15) is 18.3 Å². The molecule has 0 amide bonds. The number of alkyl halides is 3. The molecule has 0 heterocycles. The Labute approximate surface area is 133 Å². The molecule has 2 aromatic carbocycles. The first-order valence-electron chi connectivity index (χ1n) is 6.60. The molecule has 126 valence electrons. The van der Waals surface area contributed by atoms with E-state index in [0.717, 1.165) is 6.07 Å². The number of benzene rings is 2. The van der Waals surface area contributed by atoms with Gasteiger partial charge in [-0.3, -0.25) is 15.5 Å². The van der Waals surface area contributed by atoms with E-state index in [2.05, 4.69) is 10.5 Å². The van der Waals surface area contributed by atoms with Crippen LogP contribution in [0.1, 0.15) is 18.1 Å². The van der Waals surface area contributed by atoms with Crippen molar-refractivity contribution in [1.29, 1.82) is 0 Å². The predicted octanol–water partition coefficient (Wildman–Crippen LogP) is 4.59. The van der Waals surface area contributed by atoms with Crippen molar-refractivity contribution in [1.82, 2.24) is 0 Å². The third-order valence-electron chi connectivity index (χ3n) is 3.11. The minimum absolute atomic E-state index is 0.205. The number of nitrogens with one attached hydrogen (secondary N) is 1. The Hall–Kier alpha value is -2.97. The maximum Gasteiger partial charge on any atom is 0.416 e. The second-order valence-corrected chi connectivity index (χ2v) is 4.81. The van der Waals surface area contributed by atoms with Crippen LogP contribution < -0.4 is 5.43 Å². The molecule has 1 N–H and O–H groups in total. The molecular weight excluding hydrogens is 330 g/mol. The highest BCUT2D eigenvalue weighted by molar-refractivity contribution is 5.99. The molecule has 0 saturated carbocycles. The lowest BCUT2D eigenvalue weighted by Crippen LogP contribution is -2.07. The summed E-state index contributed by atoms with van der Waals surface area (Å²) < 4.78 is 51.0. The van der Waals surface area contributed by atoms with Crippen LogP contribution in [-0.4, -0.2) is 10.6 Å². The number of halogens is 4. The van der Waals surface area contributed by atoms with Crippen LogP contribution in [0.5, 0.6) is 0 Å². The smallest absolute Gasteiger partial charge is 0.271 e. The summed E-state index contributed by atoms with van der Waals surface area (Å²) in [6, 6.07) is 7.54. The number of anilines is 1. The second-order valence-electron chi connectivity index (χ2n) is 4.81. The molecule has 24 heavy (non-hydrogen) atoms. The van der Waals surface area contributed by atoms with E-state index in [9.17, 15) is 27.7 Å². The van der Waals surface area contributed by atoms with Crippen molar-refractivity contribution in [3.63, 3.8) is 0 Å². The number of nitro groups is 1. The van der Waals surface area contributed by atoms with E-state index in [1.54, 1.807) is 6.07 Å². The van der Waals surface area contributed by atoms with Gasteiger partial charge in [0, 0.05) is 11.6 Å². The molecule has 5 nitrogen and oxygen atoms in total. The van der Waals surface area contributed by atoms with E-state index in [0.29, 0.717) is 23.4 Å². The maximum absolute atomic E-state index is 13.1. The molecule has 0 saturated heterocycles. The highest BCUT2D eigenvalue weighted by Crippen LogP contribution is 2.34. The van der Waals surface area contributed by atoms with E-state index in [1.165, 1.54) is 25.1 Å². The molecule has 0 fully saturated rings. The maximum atomic E-state index is 13.1. The van der Waals surface area contributed by atoms with Crippen LogP contribution in [0.2, 0.25) is 0 Å². The molecule has 0 radical (unpaired) electrons. The summed E-state index contributed by atoms with van der Waals surface area (Å²) in [5.74, 6) is -0.484. The molecule has 0 spiro atoms. The van der Waals surface area contributed by atoms with Gasteiger partial charge in [-0.15, -0.1) is 0 Å². The molecule has 0 atom stereocenters. The molecule has 0 unspecified atom stereocenters. The van der Waals surface area contributed by atoms with Crippen LogP contribution in [0.25, 0.3) is 0 Å². The van der Waals surface area contributed by atoms with Gasteiger partial charge in [0.15, 0.2) is 0 Å². The summed E-state index contributed by atoms with van der Waals surface area (Å²) in [7, 11) is 0. The van der Waals surface area contributed by atoms with Crippen LogP contribution in [0.3, 0.4) is 0 Å². The molecular formula is C15H11F4N3O2. The molecule has 0 aromatic heterocycles. The average molecular weight is 341 g/mol. The molecule has 2 aromatic rings. The van der Waals surface area contributed by atoms with Gasteiger partial charge in [-0.1, -0.05) is 12.1 Å². The Kier molecular flexibility index (Phi) is 4.82. The fourth-order valence-corrected chi connectivity index (χ4v) is 1.88. The molecule has 0 aliphatic heterocycles. The summed E-state index contributed by atoms with van der Waals surface area (Å²) in [6.07, 6.45) is -4.69. The van der Waals surface area contributed by atoms with Gasteiger partial charge in [0.2, 0.25) is 0 Å². The lowest BCUT2D eigenvalue weighted by atomic mass is 10.1. The van der Waals surface area contributed by atoms with E-state index >= 15 is 0 Å². The zero-order valence-corrected chi connectivity index (χ0v) is 12.3.